The first-order chi connectivity index (χ1) is 17.8. The van der Waals surface area contributed by atoms with Crippen molar-refractivity contribution in [2.45, 2.75) is 57.4 Å². The van der Waals surface area contributed by atoms with Gasteiger partial charge in [0, 0.05) is 19.6 Å². The van der Waals surface area contributed by atoms with E-state index in [1.54, 1.807) is 15.9 Å². The zero-order valence-corrected chi connectivity index (χ0v) is 22.2. The maximum absolute atomic E-state index is 14.4. The number of fused-ring (bicyclic) bond motifs is 2. The third-order valence-corrected chi connectivity index (χ3v) is 8.51. The van der Waals surface area contributed by atoms with Gasteiger partial charge in [-0.1, -0.05) is 61.9 Å². The Morgan fingerprint density at radius 1 is 1.14 bits per heavy atom. The van der Waals surface area contributed by atoms with Crippen LogP contribution in [-0.4, -0.2) is 82.7 Å². The molecule has 9 heteroatoms. The lowest BCUT2D eigenvalue weighted by molar-refractivity contribution is -0.147. The van der Waals surface area contributed by atoms with Gasteiger partial charge in [-0.25, -0.2) is 0 Å². The number of hydrogen-bond acceptors (Lipinski definition) is 5. The third kappa shape index (κ3) is 3.83. The molecule has 37 heavy (non-hydrogen) atoms. The summed E-state index contributed by atoms with van der Waals surface area (Å²) < 4.78 is 6.65. The minimum atomic E-state index is -1.33. The van der Waals surface area contributed by atoms with Gasteiger partial charge >= 0.3 is 0 Å². The van der Waals surface area contributed by atoms with Crippen molar-refractivity contribution in [2.75, 3.05) is 31.1 Å². The summed E-state index contributed by atoms with van der Waals surface area (Å²) in [6, 6.07) is 3.83. The average molecular weight is 528 g/mol. The van der Waals surface area contributed by atoms with Crippen LogP contribution in [0.4, 0.5) is 5.69 Å². The molecule has 1 unspecified atom stereocenters. The molecule has 0 aromatic heterocycles. The highest BCUT2D eigenvalue weighted by atomic mass is 35.5. The molecular formula is C28H34ClN3O5. The number of hydrogen-bond donors (Lipinski definition) is 1. The normalized spacial score (nSPS) is 31.8. The monoisotopic (exact) mass is 527 g/mol. The number of likely N-dealkylation sites (tertiary alicyclic amines) is 1. The Labute approximate surface area is 222 Å². The summed E-state index contributed by atoms with van der Waals surface area (Å²) in [6.07, 6.45) is 8.06. The van der Waals surface area contributed by atoms with Crippen molar-refractivity contribution < 1.29 is 24.2 Å². The fraction of sp³-hybridized carbons (Fsp3) is 0.536. The molecule has 2 fully saturated rings. The van der Waals surface area contributed by atoms with E-state index in [0.717, 1.165) is 12.0 Å². The summed E-state index contributed by atoms with van der Waals surface area (Å²) in [7, 11) is 0. The quantitative estimate of drug-likeness (QED) is 0.574. The molecule has 4 aliphatic rings. The number of aliphatic hydroxyl groups is 1. The third-order valence-electron chi connectivity index (χ3n) is 8.21. The maximum Gasteiger partial charge on any atom is 0.253 e. The van der Waals surface area contributed by atoms with Crippen LogP contribution in [-0.2, 0) is 19.1 Å². The summed E-state index contributed by atoms with van der Waals surface area (Å²) in [6.45, 7) is 6.76. The second-order valence-electron chi connectivity index (χ2n) is 10.3. The number of para-hydroxylation sites is 1. The van der Waals surface area contributed by atoms with Crippen molar-refractivity contribution in [3.05, 3.63) is 53.1 Å². The molecule has 0 aliphatic carbocycles. The molecule has 1 aromatic carbocycles. The Bertz CT molecular complexity index is 1140. The van der Waals surface area contributed by atoms with Crippen molar-refractivity contribution in [1.29, 1.82) is 0 Å². The summed E-state index contributed by atoms with van der Waals surface area (Å²) in [5.41, 5.74) is 0.0873. The van der Waals surface area contributed by atoms with E-state index in [1.807, 2.05) is 57.2 Å². The highest BCUT2D eigenvalue weighted by molar-refractivity contribution is 6.34. The van der Waals surface area contributed by atoms with Gasteiger partial charge in [0.05, 0.1) is 41.3 Å². The first-order valence-corrected chi connectivity index (χ1v) is 13.5. The zero-order valence-electron chi connectivity index (χ0n) is 21.5. The molecule has 6 atom stereocenters. The summed E-state index contributed by atoms with van der Waals surface area (Å²) in [5.74, 6) is -2.40. The van der Waals surface area contributed by atoms with Crippen LogP contribution in [0.5, 0.6) is 0 Å². The maximum atomic E-state index is 14.4. The minimum Gasteiger partial charge on any atom is -0.394 e. The zero-order chi connectivity index (χ0) is 26.5. The van der Waals surface area contributed by atoms with Gasteiger partial charge in [-0.05, 0) is 31.4 Å². The molecule has 1 spiro atoms. The van der Waals surface area contributed by atoms with Crippen LogP contribution in [0.1, 0.15) is 32.3 Å². The molecule has 4 heterocycles. The highest BCUT2D eigenvalue weighted by Gasteiger charge is 2.72. The van der Waals surface area contributed by atoms with Crippen LogP contribution >= 0.6 is 11.6 Å². The molecule has 1 aromatic rings. The molecular weight excluding hydrogens is 494 g/mol. The topological polar surface area (TPSA) is 90.4 Å². The van der Waals surface area contributed by atoms with Gasteiger partial charge in [0.2, 0.25) is 11.8 Å². The van der Waals surface area contributed by atoms with Gasteiger partial charge in [0.25, 0.3) is 5.91 Å². The lowest BCUT2D eigenvalue weighted by Gasteiger charge is -2.38. The molecule has 3 amide bonds. The van der Waals surface area contributed by atoms with E-state index in [4.69, 9.17) is 16.3 Å². The molecule has 8 nitrogen and oxygen atoms in total. The first-order valence-electron chi connectivity index (χ1n) is 13.1. The van der Waals surface area contributed by atoms with Crippen LogP contribution in [0.25, 0.3) is 0 Å². The van der Waals surface area contributed by atoms with Gasteiger partial charge in [-0.3, -0.25) is 14.4 Å². The Morgan fingerprint density at radius 2 is 1.92 bits per heavy atom. The number of anilines is 1. The Morgan fingerprint density at radius 3 is 2.59 bits per heavy atom. The van der Waals surface area contributed by atoms with Crippen molar-refractivity contribution >= 4 is 35.0 Å². The van der Waals surface area contributed by atoms with Crippen molar-refractivity contribution in [2.24, 2.45) is 11.8 Å². The summed E-state index contributed by atoms with van der Waals surface area (Å²) in [5, 5.41) is 10.7. The standard InChI is InChI=1S/C28H34ClN3O5/c1-4-13-30-14-7-11-20-21(25(30)34)22-26(35)32(18(5-2)16-33)24-27(36)31(15-8-12-28(22,24)37-20)23-17(3)9-6-10-19(23)29/h6-12,18,20-22,24,33H,4-5,13-16H2,1-3H3/t18-,20-,21+,22-,24?,28-/m0/s1. The average Bonchev–Trinajstić information content (AvgIpc) is 3.19. The predicted molar refractivity (Wildman–Crippen MR) is 140 cm³/mol. The minimum absolute atomic E-state index is 0.131. The number of aryl methyl sites for hydroxylation is 1. The smallest absolute Gasteiger partial charge is 0.253 e. The number of carbonyl (C=O) groups excluding carboxylic acids is 3. The largest absolute Gasteiger partial charge is 0.394 e. The van der Waals surface area contributed by atoms with Crippen molar-refractivity contribution in [3.8, 4) is 0 Å². The number of benzene rings is 1. The number of carbonyl (C=O) groups is 3. The molecule has 2 saturated heterocycles. The van der Waals surface area contributed by atoms with Gasteiger partial charge in [0.1, 0.15) is 11.6 Å². The molecule has 5 rings (SSSR count). The molecule has 4 aliphatic heterocycles. The van der Waals surface area contributed by atoms with E-state index in [1.165, 1.54) is 4.90 Å². The fourth-order valence-electron chi connectivity index (χ4n) is 6.57. The van der Waals surface area contributed by atoms with Gasteiger partial charge in [0.15, 0.2) is 0 Å². The Kier molecular flexibility index (Phi) is 6.94. The Balaban J connectivity index is 1.66. The van der Waals surface area contributed by atoms with Crippen molar-refractivity contribution in [3.63, 3.8) is 0 Å². The number of amides is 3. The van der Waals surface area contributed by atoms with E-state index in [2.05, 4.69) is 0 Å². The van der Waals surface area contributed by atoms with E-state index < -0.39 is 35.6 Å². The van der Waals surface area contributed by atoms with Gasteiger partial charge in [-0.15, -0.1) is 0 Å². The first kappa shape index (κ1) is 25.9. The number of aliphatic hydroxyl groups excluding tert-OH is 1. The van der Waals surface area contributed by atoms with Gasteiger partial charge < -0.3 is 24.5 Å². The molecule has 198 valence electrons. The number of rotatable bonds is 6. The van der Waals surface area contributed by atoms with Crippen LogP contribution in [0.2, 0.25) is 5.02 Å². The lowest BCUT2D eigenvalue weighted by atomic mass is 9.77. The van der Waals surface area contributed by atoms with Crippen LogP contribution in [0.3, 0.4) is 0 Å². The fourth-order valence-corrected chi connectivity index (χ4v) is 6.90. The SMILES string of the molecule is CCCN1CC=C[C@@H]2O[C@]34C=CCN(c5c(C)cccc5Cl)C(=O)C3N([C@@H](CC)CO)C(=O)[C@@H]4[C@@H]2C1=O. The van der Waals surface area contributed by atoms with E-state index in [9.17, 15) is 19.5 Å². The predicted octanol–water partition coefficient (Wildman–Crippen LogP) is 2.71. The van der Waals surface area contributed by atoms with E-state index >= 15 is 0 Å². The molecule has 0 radical (unpaired) electrons. The Hall–Kier alpha value is -2.68. The number of halogens is 1. The second kappa shape index (κ2) is 9.89. The van der Waals surface area contributed by atoms with Gasteiger partial charge in [-0.2, -0.15) is 0 Å². The molecule has 0 saturated carbocycles. The number of ether oxygens (including phenoxy) is 1. The van der Waals surface area contributed by atoms with Crippen LogP contribution in [0.15, 0.2) is 42.5 Å². The van der Waals surface area contributed by atoms with Crippen molar-refractivity contribution in [1.82, 2.24) is 9.80 Å². The lowest BCUT2D eigenvalue weighted by Crippen LogP contribution is -2.58. The summed E-state index contributed by atoms with van der Waals surface area (Å²) >= 11 is 6.57. The second-order valence-corrected chi connectivity index (χ2v) is 10.7. The highest BCUT2D eigenvalue weighted by Crippen LogP contribution is 2.54. The van der Waals surface area contributed by atoms with E-state index in [-0.39, 0.29) is 30.9 Å². The summed E-state index contributed by atoms with van der Waals surface area (Å²) in [4.78, 5) is 47.3. The van der Waals surface area contributed by atoms with Crippen LogP contribution < -0.4 is 4.90 Å². The van der Waals surface area contributed by atoms with E-state index in [0.29, 0.717) is 30.2 Å². The number of nitrogens with zero attached hydrogens (tertiary/aromatic N) is 3. The molecule has 0 bridgehead atoms. The van der Waals surface area contributed by atoms with Crippen LogP contribution in [0, 0.1) is 18.8 Å². The molecule has 1 N–H and O–H groups in total.